The van der Waals surface area contributed by atoms with Gasteiger partial charge in [-0.2, -0.15) is 27.5 Å². The molecule has 2 atom stereocenters. The molecule has 1 aliphatic rings. The fraction of sp³-hybridized carbons (Fsp3) is 0.333. The van der Waals surface area contributed by atoms with Gasteiger partial charge < -0.3 is 5.32 Å². The smallest absolute Gasteiger partial charge is 0.157 e. The minimum atomic E-state index is 0. The van der Waals surface area contributed by atoms with Crippen molar-refractivity contribution in [3.8, 4) is 11.3 Å². The number of fused-ring (bicyclic) bond motifs is 2. The van der Waals surface area contributed by atoms with E-state index in [1.165, 1.54) is 4.41 Å². The van der Waals surface area contributed by atoms with E-state index in [1.807, 2.05) is 35.0 Å². The van der Waals surface area contributed by atoms with E-state index in [2.05, 4.69) is 21.7 Å². The lowest BCUT2D eigenvalue weighted by Gasteiger charge is -2.15. The number of nitrogens with two attached hydrogens (primary N) is 1. The average molecular weight is 525 g/mol. The SMILES string of the molecule is CN(N)SOOCC1CCC(Nc2ccnc3cc(-c4csc5cc(Cl)ccc45)nn23)C1.S. The lowest BCUT2D eigenvalue weighted by atomic mass is 10.1. The summed E-state index contributed by atoms with van der Waals surface area (Å²) in [5.41, 5.74) is 2.81. The van der Waals surface area contributed by atoms with Crippen molar-refractivity contribution in [1.29, 1.82) is 0 Å². The van der Waals surface area contributed by atoms with Gasteiger partial charge in [0.2, 0.25) is 0 Å². The third kappa shape index (κ3) is 5.57. The van der Waals surface area contributed by atoms with E-state index in [0.717, 1.165) is 69.3 Å². The lowest BCUT2D eigenvalue weighted by molar-refractivity contribution is -0.203. The number of hydrogen-bond acceptors (Lipinski definition) is 9. The second kappa shape index (κ2) is 10.8. The molecule has 0 bridgehead atoms. The number of nitrogens with zero attached hydrogens (tertiary/aromatic N) is 4. The molecular formula is C21H25ClN6O2S3. The Hall–Kier alpha value is -1.57. The van der Waals surface area contributed by atoms with Gasteiger partial charge in [0.25, 0.3) is 0 Å². The summed E-state index contributed by atoms with van der Waals surface area (Å²) in [5.74, 6) is 6.84. The summed E-state index contributed by atoms with van der Waals surface area (Å²) in [6.45, 7) is 0.548. The molecule has 4 aromatic rings. The van der Waals surface area contributed by atoms with Crippen LogP contribution in [-0.2, 0) is 9.22 Å². The van der Waals surface area contributed by atoms with Crippen LogP contribution in [0, 0.1) is 5.92 Å². The zero-order valence-corrected chi connectivity index (χ0v) is 21.3. The van der Waals surface area contributed by atoms with Crippen molar-refractivity contribution >= 4 is 70.2 Å². The van der Waals surface area contributed by atoms with Crippen molar-refractivity contribution in [2.75, 3.05) is 19.0 Å². The molecule has 2 unspecified atom stereocenters. The molecule has 1 aromatic carbocycles. The number of anilines is 1. The Balaban J connectivity index is 0.00000259. The molecule has 1 fully saturated rings. The van der Waals surface area contributed by atoms with Crippen LogP contribution in [0.5, 0.6) is 0 Å². The molecule has 3 aromatic heterocycles. The Bertz CT molecular complexity index is 1230. The summed E-state index contributed by atoms with van der Waals surface area (Å²) in [6.07, 6.45) is 4.96. The van der Waals surface area contributed by atoms with E-state index >= 15 is 0 Å². The highest BCUT2D eigenvalue weighted by Crippen LogP contribution is 2.35. The molecule has 0 radical (unpaired) electrons. The molecule has 176 valence electrons. The summed E-state index contributed by atoms with van der Waals surface area (Å²) in [5, 5.41) is 12.5. The summed E-state index contributed by atoms with van der Waals surface area (Å²) in [4.78, 5) is 9.77. The predicted octanol–water partition coefficient (Wildman–Crippen LogP) is 5.27. The van der Waals surface area contributed by atoms with Crippen LogP contribution in [0.1, 0.15) is 19.3 Å². The largest absolute Gasteiger partial charge is 0.367 e. The number of benzene rings is 1. The number of aromatic nitrogens is 3. The van der Waals surface area contributed by atoms with Crippen molar-refractivity contribution in [3.05, 3.63) is 46.9 Å². The fourth-order valence-electron chi connectivity index (χ4n) is 4.10. The maximum atomic E-state index is 6.14. The van der Waals surface area contributed by atoms with Gasteiger partial charge in [0.05, 0.1) is 12.3 Å². The molecule has 1 saturated carbocycles. The normalized spacial score (nSPS) is 18.3. The number of nitrogens with one attached hydrogen (secondary N) is 1. The number of hydrogen-bond donors (Lipinski definition) is 2. The van der Waals surface area contributed by atoms with Crippen LogP contribution < -0.4 is 11.2 Å². The number of hydrazine groups is 1. The van der Waals surface area contributed by atoms with Gasteiger partial charge in [0, 0.05) is 51.4 Å². The molecule has 0 saturated heterocycles. The van der Waals surface area contributed by atoms with Crippen LogP contribution in [0.25, 0.3) is 27.0 Å². The van der Waals surface area contributed by atoms with E-state index in [9.17, 15) is 0 Å². The van der Waals surface area contributed by atoms with Gasteiger partial charge in [0.1, 0.15) is 18.0 Å². The van der Waals surface area contributed by atoms with Gasteiger partial charge in [0.15, 0.2) is 5.65 Å². The quantitative estimate of drug-likeness (QED) is 0.0804. The van der Waals surface area contributed by atoms with Crippen molar-refractivity contribution in [1.82, 2.24) is 19.0 Å². The molecular weight excluding hydrogens is 500 g/mol. The third-order valence-electron chi connectivity index (χ3n) is 5.56. The highest BCUT2D eigenvalue weighted by atomic mass is 35.5. The van der Waals surface area contributed by atoms with Gasteiger partial charge in [-0.3, -0.25) is 5.84 Å². The number of rotatable bonds is 8. The number of halogens is 1. The molecule has 3 N–H and O–H groups in total. The first-order valence-electron chi connectivity index (χ1n) is 10.3. The first-order chi connectivity index (χ1) is 15.6. The van der Waals surface area contributed by atoms with Gasteiger partial charge >= 0.3 is 0 Å². The highest BCUT2D eigenvalue weighted by molar-refractivity contribution is 7.92. The van der Waals surface area contributed by atoms with Crippen molar-refractivity contribution in [2.24, 2.45) is 11.8 Å². The van der Waals surface area contributed by atoms with Gasteiger partial charge in [-0.25, -0.2) is 9.87 Å². The van der Waals surface area contributed by atoms with Gasteiger partial charge in [-0.15, -0.1) is 15.7 Å². The fourth-order valence-corrected chi connectivity index (χ4v) is 5.52. The molecule has 0 amide bonds. The second-order valence-corrected chi connectivity index (χ2v) is 10.1. The summed E-state index contributed by atoms with van der Waals surface area (Å²) in [6, 6.07) is 10.3. The minimum Gasteiger partial charge on any atom is -0.367 e. The monoisotopic (exact) mass is 524 g/mol. The van der Waals surface area contributed by atoms with Crippen LogP contribution in [0.15, 0.2) is 41.9 Å². The van der Waals surface area contributed by atoms with Gasteiger partial charge in [-0.1, -0.05) is 17.7 Å². The van der Waals surface area contributed by atoms with Crippen LogP contribution in [0.4, 0.5) is 5.82 Å². The van der Waals surface area contributed by atoms with Crippen LogP contribution in [0.2, 0.25) is 5.02 Å². The zero-order chi connectivity index (χ0) is 22.1. The average Bonchev–Trinajstić information content (AvgIpc) is 3.49. The Kier molecular flexibility index (Phi) is 8.03. The maximum Gasteiger partial charge on any atom is 0.157 e. The predicted molar refractivity (Wildman–Crippen MR) is 141 cm³/mol. The highest BCUT2D eigenvalue weighted by Gasteiger charge is 2.26. The number of thiophene rings is 1. The second-order valence-electron chi connectivity index (χ2n) is 7.91. The van der Waals surface area contributed by atoms with Crippen molar-refractivity contribution < 1.29 is 9.22 Å². The molecule has 0 aliphatic heterocycles. The van der Waals surface area contributed by atoms with E-state index in [0.29, 0.717) is 18.6 Å². The third-order valence-corrected chi connectivity index (χ3v) is 7.14. The summed E-state index contributed by atoms with van der Waals surface area (Å²) in [7, 11) is 1.69. The molecule has 8 nitrogen and oxygen atoms in total. The summed E-state index contributed by atoms with van der Waals surface area (Å²) >= 11 is 8.78. The summed E-state index contributed by atoms with van der Waals surface area (Å²) < 4.78 is 9.39. The van der Waals surface area contributed by atoms with E-state index in [4.69, 9.17) is 31.8 Å². The zero-order valence-electron chi connectivity index (χ0n) is 17.9. The topological polar surface area (TPSA) is 89.9 Å². The molecule has 12 heteroatoms. The Morgan fingerprint density at radius 2 is 2.21 bits per heavy atom. The van der Waals surface area contributed by atoms with Crippen LogP contribution in [-0.4, -0.2) is 38.7 Å². The van der Waals surface area contributed by atoms with Crippen LogP contribution in [0.3, 0.4) is 0 Å². The Morgan fingerprint density at radius 3 is 3.06 bits per heavy atom. The first-order valence-corrected chi connectivity index (χ1v) is 12.3. The Morgan fingerprint density at radius 1 is 1.33 bits per heavy atom. The van der Waals surface area contributed by atoms with Crippen LogP contribution >= 0.6 is 48.7 Å². The van der Waals surface area contributed by atoms with Gasteiger partial charge in [-0.05, 0) is 43.4 Å². The maximum absolute atomic E-state index is 6.14. The van der Waals surface area contributed by atoms with E-state index in [-0.39, 0.29) is 13.5 Å². The molecule has 1 aliphatic carbocycles. The molecule has 3 heterocycles. The first kappa shape index (κ1) is 24.6. The molecule has 0 spiro atoms. The van der Waals surface area contributed by atoms with E-state index < -0.39 is 0 Å². The van der Waals surface area contributed by atoms with Crippen molar-refractivity contribution in [3.63, 3.8) is 0 Å². The Labute approximate surface area is 212 Å². The standard InChI is InChI=1S/C21H23ClN6O2S2.H2S/c1-27(23)32-30-29-11-13-2-4-15(8-13)25-20-6-7-24-21-10-18(26-28(20)21)17-12-31-19-9-14(22)3-5-16(17)19;/h3,5-7,9-10,12-13,15,25H,2,4,8,11,23H2,1H3;1H2. The molecule has 5 rings (SSSR count). The minimum absolute atomic E-state index is 0. The lowest BCUT2D eigenvalue weighted by Crippen LogP contribution is -2.19. The van der Waals surface area contributed by atoms with E-state index in [1.54, 1.807) is 18.4 Å². The van der Waals surface area contributed by atoms with Crippen molar-refractivity contribution in [2.45, 2.75) is 25.3 Å². The molecule has 33 heavy (non-hydrogen) atoms.